The van der Waals surface area contributed by atoms with E-state index in [-0.39, 0.29) is 11.9 Å². The predicted octanol–water partition coefficient (Wildman–Crippen LogP) is 4.73. The van der Waals surface area contributed by atoms with Crippen molar-refractivity contribution >= 4 is 11.0 Å². The molecule has 0 aliphatic carbocycles. The number of hydrogen-bond donors (Lipinski definition) is 1. The van der Waals surface area contributed by atoms with Crippen molar-refractivity contribution in [1.82, 2.24) is 5.32 Å². The molecule has 0 radical (unpaired) electrons. The Hall–Kier alpha value is -2.13. The number of furan rings is 1. The maximum atomic E-state index is 13.8. The monoisotopic (exact) mass is 283 g/mol. The number of benzene rings is 2. The lowest BCUT2D eigenvalue weighted by atomic mass is 10.1. The third-order valence-electron chi connectivity index (χ3n) is 3.86. The first-order chi connectivity index (χ1) is 10.2. The molecule has 1 aromatic heterocycles. The summed E-state index contributed by atoms with van der Waals surface area (Å²) in [5.74, 6) is 0.732. The van der Waals surface area contributed by atoms with Gasteiger partial charge in [-0.2, -0.15) is 0 Å². The first-order valence-corrected chi connectivity index (χ1v) is 7.11. The van der Waals surface area contributed by atoms with E-state index >= 15 is 0 Å². The van der Waals surface area contributed by atoms with Gasteiger partial charge in [-0.1, -0.05) is 36.4 Å². The van der Waals surface area contributed by atoms with Crippen molar-refractivity contribution in [3.63, 3.8) is 0 Å². The highest BCUT2D eigenvalue weighted by molar-refractivity contribution is 5.82. The molecule has 0 aliphatic heterocycles. The van der Waals surface area contributed by atoms with E-state index in [1.807, 2.05) is 44.2 Å². The van der Waals surface area contributed by atoms with Crippen molar-refractivity contribution in [2.24, 2.45) is 0 Å². The highest BCUT2D eigenvalue weighted by Crippen LogP contribution is 2.26. The molecule has 0 spiro atoms. The van der Waals surface area contributed by atoms with Gasteiger partial charge in [0, 0.05) is 29.1 Å². The number of aryl methyl sites for hydroxylation is 1. The van der Waals surface area contributed by atoms with Gasteiger partial charge in [-0.25, -0.2) is 4.39 Å². The summed E-state index contributed by atoms with van der Waals surface area (Å²) >= 11 is 0. The van der Waals surface area contributed by atoms with E-state index in [4.69, 9.17) is 4.42 Å². The fourth-order valence-electron chi connectivity index (χ4n) is 2.63. The van der Waals surface area contributed by atoms with Crippen LogP contribution in [0.2, 0.25) is 0 Å². The number of nitrogens with one attached hydrogen (secondary N) is 1. The Morgan fingerprint density at radius 3 is 2.62 bits per heavy atom. The largest absolute Gasteiger partial charge is 0.461 e. The van der Waals surface area contributed by atoms with Crippen LogP contribution in [0.15, 0.2) is 52.9 Å². The molecular weight excluding hydrogens is 265 g/mol. The second kappa shape index (κ2) is 5.70. The van der Waals surface area contributed by atoms with E-state index in [0.29, 0.717) is 12.1 Å². The van der Waals surface area contributed by atoms with Crippen LogP contribution in [0.5, 0.6) is 0 Å². The second-order valence-electron chi connectivity index (χ2n) is 5.26. The van der Waals surface area contributed by atoms with Crippen LogP contribution in [0.4, 0.5) is 4.39 Å². The summed E-state index contributed by atoms with van der Waals surface area (Å²) in [6.07, 6.45) is 0. The molecule has 1 atom stereocenters. The van der Waals surface area contributed by atoms with Crippen LogP contribution in [0.25, 0.3) is 11.0 Å². The van der Waals surface area contributed by atoms with Crippen molar-refractivity contribution in [1.29, 1.82) is 0 Å². The van der Waals surface area contributed by atoms with Gasteiger partial charge < -0.3 is 9.73 Å². The average molecular weight is 283 g/mol. The molecule has 1 N–H and O–H groups in total. The zero-order chi connectivity index (χ0) is 14.8. The van der Waals surface area contributed by atoms with Crippen LogP contribution in [-0.2, 0) is 6.54 Å². The zero-order valence-electron chi connectivity index (χ0n) is 12.2. The maximum Gasteiger partial charge on any atom is 0.134 e. The molecule has 2 nitrogen and oxygen atoms in total. The van der Waals surface area contributed by atoms with E-state index < -0.39 is 0 Å². The van der Waals surface area contributed by atoms with Crippen LogP contribution in [0.3, 0.4) is 0 Å². The van der Waals surface area contributed by atoms with Gasteiger partial charge in [-0.3, -0.25) is 0 Å². The van der Waals surface area contributed by atoms with E-state index in [2.05, 4.69) is 11.4 Å². The average Bonchev–Trinajstić information content (AvgIpc) is 2.81. The van der Waals surface area contributed by atoms with Crippen LogP contribution >= 0.6 is 0 Å². The Labute approximate surface area is 123 Å². The second-order valence-corrected chi connectivity index (χ2v) is 5.26. The standard InChI is InChI=1S/C18H18FNO/c1-12(14-7-3-5-9-17(14)19)20-11-16-13(2)21-18-10-6-4-8-15(16)18/h3-10,12,20H,11H2,1-2H3. The van der Waals surface area contributed by atoms with Crippen molar-refractivity contribution in [2.75, 3.05) is 0 Å². The zero-order valence-corrected chi connectivity index (χ0v) is 12.2. The Morgan fingerprint density at radius 1 is 1.10 bits per heavy atom. The molecule has 1 unspecified atom stereocenters. The number of hydrogen-bond acceptors (Lipinski definition) is 2. The summed E-state index contributed by atoms with van der Waals surface area (Å²) in [4.78, 5) is 0. The third-order valence-corrected chi connectivity index (χ3v) is 3.86. The minimum Gasteiger partial charge on any atom is -0.461 e. The van der Waals surface area contributed by atoms with Crippen LogP contribution < -0.4 is 5.32 Å². The summed E-state index contributed by atoms with van der Waals surface area (Å²) in [5.41, 5.74) is 2.71. The van der Waals surface area contributed by atoms with Crippen molar-refractivity contribution in [2.45, 2.75) is 26.4 Å². The molecule has 0 saturated carbocycles. The lowest BCUT2D eigenvalue weighted by Crippen LogP contribution is -2.19. The van der Waals surface area contributed by atoms with Gasteiger partial charge in [0.15, 0.2) is 0 Å². The normalized spacial score (nSPS) is 12.7. The van der Waals surface area contributed by atoms with E-state index in [0.717, 1.165) is 22.3 Å². The van der Waals surface area contributed by atoms with E-state index in [1.165, 1.54) is 6.07 Å². The summed E-state index contributed by atoms with van der Waals surface area (Å²) in [6.45, 7) is 4.58. The first-order valence-electron chi connectivity index (χ1n) is 7.11. The molecule has 3 heteroatoms. The summed E-state index contributed by atoms with van der Waals surface area (Å²) in [7, 11) is 0. The summed E-state index contributed by atoms with van der Waals surface area (Å²) in [5, 5.41) is 4.49. The third kappa shape index (κ3) is 2.69. The molecule has 3 aromatic rings. The van der Waals surface area contributed by atoms with Crippen LogP contribution in [-0.4, -0.2) is 0 Å². The Kier molecular flexibility index (Phi) is 3.76. The van der Waals surface area contributed by atoms with Gasteiger partial charge in [0.1, 0.15) is 17.2 Å². The molecule has 0 fully saturated rings. The molecular formula is C18H18FNO. The predicted molar refractivity (Wildman–Crippen MR) is 82.6 cm³/mol. The quantitative estimate of drug-likeness (QED) is 0.748. The van der Waals surface area contributed by atoms with Crippen molar-refractivity contribution in [3.8, 4) is 0 Å². The Bertz CT molecular complexity index is 763. The number of fused-ring (bicyclic) bond motifs is 1. The highest BCUT2D eigenvalue weighted by Gasteiger charge is 2.13. The van der Waals surface area contributed by atoms with Crippen LogP contribution in [0, 0.1) is 12.7 Å². The van der Waals surface area contributed by atoms with Gasteiger partial charge in [0.25, 0.3) is 0 Å². The smallest absolute Gasteiger partial charge is 0.134 e. The van der Waals surface area contributed by atoms with E-state index in [1.54, 1.807) is 6.07 Å². The van der Waals surface area contributed by atoms with Gasteiger partial charge in [0.05, 0.1) is 0 Å². The number of rotatable bonds is 4. The number of para-hydroxylation sites is 1. The lowest BCUT2D eigenvalue weighted by molar-refractivity contribution is 0.519. The summed E-state index contributed by atoms with van der Waals surface area (Å²) in [6, 6.07) is 14.8. The van der Waals surface area contributed by atoms with Gasteiger partial charge in [-0.15, -0.1) is 0 Å². The van der Waals surface area contributed by atoms with Gasteiger partial charge >= 0.3 is 0 Å². The Balaban J connectivity index is 1.81. The molecule has 0 amide bonds. The molecule has 2 aromatic carbocycles. The fraction of sp³-hybridized carbons (Fsp3) is 0.222. The van der Waals surface area contributed by atoms with Crippen LogP contribution in [0.1, 0.15) is 29.9 Å². The molecule has 3 rings (SSSR count). The van der Waals surface area contributed by atoms with E-state index in [9.17, 15) is 4.39 Å². The molecule has 1 heterocycles. The minimum atomic E-state index is -0.175. The molecule has 21 heavy (non-hydrogen) atoms. The van der Waals surface area contributed by atoms with Crippen molar-refractivity contribution < 1.29 is 8.81 Å². The van der Waals surface area contributed by atoms with Gasteiger partial charge in [0.2, 0.25) is 0 Å². The summed E-state index contributed by atoms with van der Waals surface area (Å²) < 4.78 is 19.5. The Morgan fingerprint density at radius 2 is 1.81 bits per heavy atom. The fourth-order valence-corrected chi connectivity index (χ4v) is 2.63. The number of halogens is 1. The molecule has 0 bridgehead atoms. The first kappa shape index (κ1) is 13.8. The molecule has 0 saturated heterocycles. The molecule has 108 valence electrons. The SMILES string of the molecule is Cc1oc2ccccc2c1CNC(C)c1ccccc1F. The minimum absolute atomic E-state index is 0.0562. The van der Waals surface area contributed by atoms with Crippen molar-refractivity contribution in [3.05, 3.63) is 71.2 Å². The highest BCUT2D eigenvalue weighted by atomic mass is 19.1. The maximum absolute atomic E-state index is 13.8. The van der Waals surface area contributed by atoms with Gasteiger partial charge in [-0.05, 0) is 26.0 Å². The molecule has 0 aliphatic rings. The topological polar surface area (TPSA) is 25.2 Å². The lowest BCUT2D eigenvalue weighted by Gasteiger charge is -2.14.